The van der Waals surface area contributed by atoms with Gasteiger partial charge in [0.05, 0.1) is 0 Å². The van der Waals surface area contributed by atoms with Gasteiger partial charge in [-0.05, 0) is 6.92 Å². The van der Waals surface area contributed by atoms with E-state index in [0.29, 0.717) is 12.2 Å². The maximum Gasteiger partial charge on any atom is 0.328 e. The summed E-state index contributed by atoms with van der Waals surface area (Å²) >= 11 is 0. The summed E-state index contributed by atoms with van der Waals surface area (Å²) in [4.78, 5) is 42.5. The van der Waals surface area contributed by atoms with Gasteiger partial charge >= 0.3 is 11.9 Å². The normalized spacial score (nSPS) is 12.3. The van der Waals surface area contributed by atoms with Crippen molar-refractivity contribution in [3.8, 4) is 0 Å². The Morgan fingerprint density at radius 3 is 1.89 bits per heavy atom. The van der Waals surface area contributed by atoms with Crippen LogP contribution < -0.4 is 10.6 Å². The summed E-state index contributed by atoms with van der Waals surface area (Å²) in [5, 5.41) is 21.4. The molecule has 0 spiro atoms. The Kier molecular flexibility index (Phi) is 7.28. The second kappa shape index (κ2) is 8.45. The minimum absolute atomic E-state index is 0.0788. The first-order chi connectivity index (χ1) is 8.81. The molecule has 0 rings (SSSR count). The Bertz CT molecular complexity index is 427. The number of hydrogen-bond donors (Lipinski definition) is 4. The summed E-state index contributed by atoms with van der Waals surface area (Å²) in [7, 11) is 0. The Labute approximate surface area is 108 Å². The fraction of sp³-hybridized carbons (Fsp3) is 0.273. The third-order valence-electron chi connectivity index (χ3n) is 1.73. The van der Waals surface area contributed by atoms with Crippen LogP contribution in [-0.2, 0) is 19.2 Å². The topological polar surface area (TPSA) is 133 Å². The van der Waals surface area contributed by atoms with Crippen LogP contribution in [0.3, 0.4) is 0 Å². The molecule has 0 aliphatic heterocycles. The predicted molar refractivity (Wildman–Crippen MR) is 64.2 cm³/mol. The highest BCUT2D eigenvalue weighted by atomic mass is 16.4. The number of aliphatic carboxylic acids is 2. The lowest BCUT2D eigenvalue weighted by Crippen LogP contribution is -2.40. The van der Waals surface area contributed by atoms with Crippen molar-refractivity contribution in [1.82, 2.24) is 10.6 Å². The van der Waals surface area contributed by atoms with Crippen molar-refractivity contribution in [3.63, 3.8) is 0 Å². The third-order valence-corrected chi connectivity index (χ3v) is 1.73. The molecular formula is C11H14N2O6. The first-order valence-electron chi connectivity index (χ1n) is 5.21. The lowest BCUT2D eigenvalue weighted by atomic mass is 10.3. The average Bonchev–Trinajstić information content (AvgIpc) is 2.31. The van der Waals surface area contributed by atoms with Gasteiger partial charge in [0.2, 0.25) is 11.8 Å². The molecule has 0 aliphatic carbocycles. The highest BCUT2D eigenvalue weighted by Crippen LogP contribution is 1.83. The van der Waals surface area contributed by atoms with E-state index in [2.05, 4.69) is 10.6 Å². The molecule has 8 heteroatoms. The molecule has 1 unspecified atom stereocenters. The molecule has 0 saturated heterocycles. The summed E-state index contributed by atoms with van der Waals surface area (Å²) in [5.74, 6) is -3.69. The van der Waals surface area contributed by atoms with Crippen LogP contribution >= 0.6 is 0 Å². The molecule has 0 bridgehead atoms. The summed E-state index contributed by atoms with van der Waals surface area (Å²) in [6.45, 7) is 1.67. The molecule has 0 aromatic carbocycles. The average molecular weight is 270 g/mol. The van der Waals surface area contributed by atoms with Crippen molar-refractivity contribution >= 4 is 23.8 Å². The first-order valence-corrected chi connectivity index (χ1v) is 5.21. The van der Waals surface area contributed by atoms with Crippen LogP contribution in [0.15, 0.2) is 24.3 Å². The maximum absolute atomic E-state index is 11.2. The lowest BCUT2D eigenvalue weighted by molar-refractivity contribution is -0.132. The third kappa shape index (κ3) is 10.2. The van der Waals surface area contributed by atoms with E-state index in [1.54, 1.807) is 6.92 Å². The molecule has 4 N–H and O–H groups in total. The standard InChI is InChI=1S/C11H14N2O6/c1-7(13-9(15)3-5-11(18)19)6-12-8(14)2-4-10(16)17/h2-5,7H,6H2,1H3,(H,12,14)(H,13,15)(H,16,17)(H,18,19)/b4-2-,5-3-. The van der Waals surface area contributed by atoms with Gasteiger partial charge in [-0.15, -0.1) is 0 Å². The van der Waals surface area contributed by atoms with E-state index in [0.717, 1.165) is 12.2 Å². The minimum atomic E-state index is -1.24. The number of carbonyl (C=O) groups is 4. The maximum atomic E-state index is 11.2. The van der Waals surface area contributed by atoms with Gasteiger partial charge in [-0.25, -0.2) is 9.59 Å². The van der Waals surface area contributed by atoms with Gasteiger partial charge in [-0.3, -0.25) is 9.59 Å². The molecule has 8 nitrogen and oxygen atoms in total. The number of carboxylic acid groups (broad SMARTS) is 2. The van der Waals surface area contributed by atoms with Gasteiger partial charge in [-0.1, -0.05) is 0 Å². The van der Waals surface area contributed by atoms with E-state index < -0.39 is 29.8 Å². The molecule has 104 valence electrons. The van der Waals surface area contributed by atoms with Gasteiger partial charge in [0.15, 0.2) is 0 Å². The smallest absolute Gasteiger partial charge is 0.328 e. The molecule has 0 heterocycles. The van der Waals surface area contributed by atoms with Crippen molar-refractivity contribution in [3.05, 3.63) is 24.3 Å². The number of nitrogens with one attached hydrogen (secondary N) is 2. The van der Waals surface area contributed by atoms with Crippen molar-refractivity contribution in [2.75, 3.05) is 6.54 Å². The largest absolute Gasteiger partial charge is 0.478 e. The second-order valence-corrected chi connectivity index (χ2v) is 3.50. The molecule has 0 radical (unpaired) electrons. The first kappa shape index (κ1) is 16.4. The van der Waals surface area contributed by atoms with Crippen LogP contribution in [0, 0.1) is 0 Å². The second-order valence-electron chi connectivity index (χ2n) is 3.50. The van der Waals surface area contributed by atoms with Crippen molar-refractivity contribution in [1.29, 1.82) is 0 Å². The Morgan fingerprint density at radius 2 is 1.42 bits per heavy atom. The van der Waals surface area contributed by atoms with E-state index in [1.807, 2.05) is 0 Å². The summed E-state index contributed by atoms with van der Waals surface area (Å²) in [6, 6.07) is -0.437. The van der Waals surface area contributed by atoms with Gasteiger partial charge in [-0.2, -0.15) is 0 Å². The minimum Gasteiger partial charge on any atom is -0.478 e. The van der Waals surface area contributed by atoms with Crippen LogP contribution in [-0.4, -0.2) is 46.6 Å². The number of amides is 2. The summed E-state index contributed by atoms with van der Waals surface area (Å²) in [5.41, 5.74) is 0. The zero-order chi connectivity index (χ0) is 14.8. The quantitative estimate of drug-likeness (QED) is 0.433. The number of carbonyl (C=O) groups excluding carboxylic acids is 2. The van der Waals surface area contributed by atoms with Gasteiger partial charge in [0, 0.05) is 36.9 Å². The van der Waals surface area contributed by atoms with E-state index in [9.17, 15) is 19.2 Å². The highest BCUT2D eigenvalue weighted by molar-refractivity contribution is 5.94. The molecular weight excluding hydrogens is 256 g/mol. The van der Waals surface area contributed by atoms with Crippen molar-refractivity contribution in [2.45, 2.75) is 13.0 Å². The van der Waals surface area contributed by atoms with E-state index in [4.69, 9.17) is 10.2 Å². The number of rotatable bonds is 7. The van der Waals surface area contributed by atoms with E-state index in [1.165, 1.54) is 0 Å². The van der Waals surface area contributed by atoms with Crippen molar-refractivity contribution < 1.29 is 29.4 Å². The molecule has 0 aromatic heterocycles. The lowest BCUT2D eigenvalue weighted by Gasteiger charge is -2.12. The van der Waals surface area contributed by atoms with Crippen LogP contribution in [0.1, 0.15) is 6.92 Å². The fourth-order valence-corrected chi connectivity index (χ4v) is 0.949. The fourth-order valence-electron chi connectivity index (χ4n) is 0.949. The monoisotopic (exact) mass is 270 g/mol. The zero-order valence-corrected chi connectivity index (χ0v) is 10.1. The Hall–Kier alpha value is -2.64. The summed E-state index contributed by atoms with van der Waals surface area (Å²) < 4.78 is 0. The molecule has 0 fully saturated rings. The molecule has 19 heavy (non-hydrogen) atoms. The molecule has 0 aromatic rings. The van der Waals surface area contributed by atoms with Crippen LogP contribution in [0.4, 0.5) is 0 Å². The van der Waals surface area contributed by atoms with Crippen LogP contribution in [0.5, 0.6) is 0 Å². The van der Waals surface area contributed by atoms with E-state index >= 15 is 0 Å². The van der Waals surface area contributed by atoms with Gasteiger partial charge in [0.1, 0.15) is 0 Å². The SMILES string of the molecule is CC(CNC(=O)/C=C\C(=O)O)NC(=O)/C=C\C(=O)O. The Morgan fingerprint density at radius 1 is 0.947 bits per heavy atom. The van der Waals surface area contributed by atoms with Crippen LogP contribution in [0.25, 0.3) is 0 Å². The highest BCUT2D eigenvalue weighted by Gasteiger charge is 2.06. The molecule has 2 amide bonds. The number of carboxylic acids is 2. The summed E-state index contributed by atoms with van der Waals surface area (Å²) in [6.07, 6.45) is 3.08. The van der Waals surface area contributed by atoms with Crippen LogP contribution in [0.2, 0.25) is 0 Å². The van der Waals surface area contributed by atoms with Gasteiger partial charge in [0.25, 0.3) is 0 Å². The number of hydrogen-bond acceptors (Lipinski definition) is 4. The molecule has 0 saturated carbocycles. The van der Waals surface area contributed by atoms with Gasteiger partial charge < -0.3 is 20.8 Å². The molecule has 0 aliphatic rings. The molecule has 1 atom stereocenters. The van der Waals surface area contributed by atoms with E-state index in [-0.39, 0.29) is 6.54 Å². The zero-order valence-electron chi connectivity index (χ0n) is 10.1. The predicted octanol–water partition coefficient (Wildman–Crippen LogP) is -1.11. The van der Waals surface area contributed by atoms with Crippen molar-refractivity contribution in [2.24, 2.45) is 0 Å². The Balaban J connectivity index is 4.02.